The van der Waals surface area contributed by atoms with Crippen molar-refractivity contribution in [3.05, 3.63) is 45.9 Å². The third kappa shape index (κ3) is 3.55. The highest BCUT2D eigenvalue weighted by atomic mass is 35.5. The molecule has 0 bridgehead atoms. The SMILES string of the molecule is CC(=NO)c1csc(NC(=O)Cc2ccccc2Cl)n1. The van der Waals surface area contributed by atoms with Crippen molar-refractivity contribution in [2.24, 2.45) is 5.16 Å². The van der Waals surface area contributed by atoms with E-state index in [1.165, 1.54) is 11.3 Å². The molecule has 0 saturated carbocycles. The number of nitrogens with one attached hydrogen (secondary N) is 1. The number of anilines is 1. The summed E-state index contributed by atoms with van der Waals surface area (Å²) >= 11 is 7.27. The normalized spacial score (nSPS) is 11.4. The fraction of sp³-hybridized carbons (Fsp3) is 0.154. The summed E-state index contributed by atoms with van der Waals surface area (Å²) in [6.45, 7) is 1.63. The molecule has 0 aliphatic heterocycles. The van der Waals surface area contributed by atoms with Crippen molar-refractivity contribution in [2.75, 3.05) is 5.32 Å². The maximum Gasteiger partial charge on any atom is 0.230 e. The largest absolute Gasteiger partial charge is 0.411 e. The second kappa shape index (κ2) is 6.49. The van der Waals surface area contributed by atoms with E-state index in [0.29, 0.717) is 21.6 Å². The van der Waals surface area contributed by atoms with Gasteiger partial charge >= 0.3 is 0 Å². The Hall–Kier alpha value is -1.92. The molecule has 2 aromatic rings. The van der Waals surface area contributed by atoms with Crippen molar-refractivity contribution in [1.29, 1.82) is 0 Å². The topological polar surface area (TPSA) is 74.6 Å². The van der Waals surface area contributed by atoms with E-state index in [9.17, 15) is 4.79 Å². The second-order valence-electron chi connectivity index (χ2n) is 4.04. The van der Waals surface area contributed by atoms with Crippen LogP contribution in [-0.4, -0.2) is 21.8 Å². The maximum atomic E-state index is 11.9. The summed E-state index contributed by atoms with van der Waals surface area (Å²) < 4.78 is 0. The van der Waals surface area contributed by atoms with Crippen LogP contribution in [0.4, 0.5) is 5.13 Å². The summed E-state index contributed by atoms with van der Waals surface area (Å²) in [6.07, 6.45) is 0.182. The number of nitrogens with zero attached hydrogens (tertiary/aromatic N) is 2. The quantitative estimate of drug-likeness (QED) is 0.517. The molecule has 0 aliphatic carbocycles. The van der Waals surface area contributed by atoms with E-state index in [2.05, 4.69) is 15.5 Å². The maximum absolute atomic E-state index is 11.9. The molecule has 1 heterocycles. The van der Waals surface area contributed by atoms with Gasteiger partial charge in [-0.2, -0.15) is 0 Å². The lowest BCUT2D eigenvalue weighted by Gasteiger charge is -2.03. The fourth-order valence-corrected chi connectivity index (χ4v) is 2.50. The van der Waals surface area contributed by atoms with Gasteiger partial charge in [0, 0.05) is 10.4 Å². The zero-order chi connectivity index (χ0) is 14.5. The van der Waals surface area contributed by atoms with E-state index in [-0.39, 0.29) is 12.3 Å². The van der Waals surface area contributed by atoms with Crippen LogP contribution in [0.15, 0.2) is 34.8 Å². The first-order valence-electron chi connectivity index (χ1n) is 5.78. The molecule has 0 fully saturated rings. The number of rotatable bonds is 4. The molecule has 7 heteroatoms. The number of oxime groups is 1. The van der Waals surface area contributed by atoms with E-state index < -0.39 is 0 Å². The van der Waals surface area contributed by atoms with Crippen LogP contribution in [0.5, 0.6) is 0 Å². The second-order valence-corrected chi connectivity index (χ2v) is 5.30. The molecule has 0 unspecified atom stereocenters. The zero-order valence-corrected chi connectivity index (χ0v) is 12.2. The van der Waals surface area contributed by atoms with Gasteiger partial charge in [-0.1, -0.05) is 35.0 Å². The van der Waals surface area contributed by atoms with Crippen LogP contribution in [-0.2, 0) is 11.2 Å². The van der Waals surface area contributed by atoms with Crippen LogP contribution in [0.25, 0.3) is 0 Å². The first kappa shape index (κ1) is 14.5. The van der Waals surface area contributed by atoms with Crippen LogP contribution in [0.3, 0.4) is 0 Å². The predicted molar refractivity (Wildman–Crippen MR) is 79.9 cm³/mol. The molecule has 1 aromatic carbocycles. The van der Waals surface area contributed by atoms with E-state index in [0.717, 1.165) is 5.56 Å². The highest BCUT2D eigenvalue weighted by Crippen LogP contribution is 2.18. The number of halogens is 1. The van der Waals surface area contributed by atoms with Crippen molar-refractivity contribution in [1.82, 2.24) is 4.98 Å². The Morgan fingerprint density at radius 3 is 2.95 bits per heavy atom. The van der Waals surface area contributed by atoms with Gasteiger partial charge in [-0.15, -0.1) is 11.3 Å². The number of carbonyl (C=O) groups is 1. The summed E-state index contributed by atoms with van der Waals surface area (Å²) in [5.41, 5.74) is 1.69. The average molecular weight is 310 g/mol. The average Bonchev–Trinajstić information content (AvgIpc) is 2.89. The fourth-order valence-electron chi connectivity index (χ4n) is 1.53. The molecule has 104 valence electrons. The molecule has 5 nitrogen and oxygen atoms in total. The zero-order valence-electron chi connectivity index (χ0n) is 10.6. The van der Waals surface area contributed by atoms with Gasteiger partial charge in [-0.05, 0) is 18.6 Å². The molecule has 0 radical (unpaired) electrons. The number of thiazole rings is 1. The van der Waals surface area contributed by atoms with E-state index in [1.807, 2.05) is 12.1 Å². The number of amides is 1. The van der Waals surface area contributed by atoms with Gasteiger partial charge in [-0.25, -0.2) is 4.98 Å². The van der Waals surface area contributed by atoms with E-state index in [1.54, 1.807) is 24.4 Å². The third-order valence-electron chi connectivity index (χ3n) is 2.58. The van der Waals surface area contributed by atoms with Crippen LogP contribution >= 0.6 is 22.9 Å². The van der Waals surface area contributed by atoms with Crippen molar-refractivity contribution in [2.45, 2.75) is 13.3 Å². The van der Waals surface area contributed by atoms with Gasteiger partial charge in [0.05, 0.1) is 6.42 Å². The van der Waals surface area contributed by atoms with Crippen LogP contribution in [0, 0.1) is 0 Å². The van der Waals surface area contributed by atoms with Gasteiger partial charge in [0.15, 0.2) is 5.13 Å². The third-order valence-corrected chi connectivity index (χ3v) is 3.71. The molecule has 2 N–H and O–H groups in total. The lowest BCUT2D eigenvalue weighted by Crippen LogP contribution is -2.14. The Morgan fingerprint density at radius 2 is 2.25 bits per heavy atom. The van der Waals surface area contributed by atoms with Crippen LogP contribution in [0.1, 0.15) is 18.2 Å². The first-order chi connectivity index (χ1) is 9.60. The van der Waals surface area contributed by atoms with Crippen molar-refractivity contribution >= 4 is 39.7 Å². The molecule has 0 atom stereocenters. The van der Waals surface area contributed by atoms with Crippen LogP contribution in [0.2, 0.25) is 5.02 Å². The minimum Gasteiger partial charge on any atom is -0.411 e. The van der Waals surface area contributed by atoms with Gasteiger partial charge in [-0.3, -0.25) is 4.79 Å². The number of aromatic nitrogens is 1. The van der Waals surface area contributed by atoms with Gasteiger partial charge in [0.25, 0.3) is 0 Å². The summed E-state index contributed by atoms with van der Waals surface area (Å²) in [5.74, 6) is -0.197. The summed E-state index contributed by atoms with van der Waals surface area (Å²) in [4.78, 5) is 16.0. The molecule has 20 heavy (non-hydrogen) atoms. The predicted octanol–water partition coefficient (Wildman–Crippen LogP) is 3.18. The molecule has 0 saturated heterocycles. The standard InChI is InChI=1S/C13H12ClN3O2S/c1-8(17-19)11-7-20-13(15-11)16-12(18)6-9-4-2-3-5-10(9)14/h2-5,7,19H,6H2,1H3,(H,15,16,18). The molecular formula is C13H12ClN3O2S. The number of benzene rings is 1. The first-order valence-corrected chi connectivity index (χ1v) is 7.03. The minimum absolute atomic E-state index is 0.182. The van der Waals surface area contributed by atoms with Crippen molar-refractivity contribution in [3.63, 3.8) is 0 Å². The minimum atomic E-state index is -0.197. The van der Waals surface area contributed by atoms with Gasteiger partial charge in [0.2, 0.25) is 5.91 Å². The molecular weight excluding hydrogens is 298 g/mol. The molecule has 1 amide bonds. The Morgan fingerprint density at radius 1 is 1.50 bits per heavy atom. The van der Waals surface area contributed by atoms with Crippen molar-refractivity contribution in [3.8, 4) is 0 Å². The smallest absolute Gasteiger partial charge is 0.230 e. The lowest BCUT2D eigenvalue weighted by atomic mass is 10.1. The Balaban J connectivity index is 2.02. The summed E-state index contributed by atoms with van der Waals surface area (Å²) in [7, 11) is 0. The van der Waals surface area contributed by atoms with E-state index >= 15 is 0 Å². The highest BCUT2D eigenvalue weighted by molar-refractivity contribution is 7.14. The number of hydrogen-bond donors (Lipinski definition) is 2. The summed E-state index contributed by atoms with van der Waals surface area (Å²) in [5, 5.41) is 17.1. The van der Waals surface area contributed by atoms with Crippen molar-refractivity contribution < 1.29 is 10.0 Å². The molecule has 1 aromatic heterocycles. The Kier molecular flexibility index (Phi) is 4.70. The van der Waals surface area contributed by atoms with Gasteiger partial charge < -0.3 is 10.5 Å². The number of carbonyl (C=O) groups excluding carboxylic acids is 1. The monoisotopic (exact) mass is 309 g/mol. The Labute approximate surface area is 124 Å². The highest BCUT2D eigenvalue weighted by Gasteiger charge is 2.10. The van der Waals surface area contributed by atoms with E-state index in [4.69, 9.17) is 16.8 Å². The Bertz CT molecular complexity index is 655. The van der Waals surface area contributed by atoms with Gasteiger partial charge in [0.1, 0.15) is 11.4 Å². The number of hydrogen-bond acceptors (Lipinski definition) is 5. The van der Waals surface area contributed by atoms with Crippen LogP contribution < -0.4 is 5.32 Å². The molecule has 2 rings (SSSR count). The summed E-state index contributed by atoms with van der Waals surface area (Å²) in [6, 6.07) is 7.19. The molecule has 0 spiro atoms. The molecule has 0 aliphatic rings. The lowest BCUT2D eigenvalue weighted by molar-refractivity contribution is -0.115.